The van der Waals surface area contributed by atoms with E-state index < -0.39 is 0 Å². The van der Waals surface area contributed by atoms with Gasteiger partial charge in [0.2, 0.25) is 0 Å². The minimum absolute atomic E-state index is 0.530. The second kappa shape index (κ2) is 12.9. The van der Waals surface area contributed by atoms with Gasteiger partial charge in [0.15, 0.2) is 17.5 Å². The second-order valence-corrected chi connectivity index (χ2v) is 16.3. The monoisotopic (exact) mass is 804 g/mol. The van der Waals surface area contributed by atoms with E-state index in [1.807, 2.05) is 60.7 Å². The van der Waals surface area contributed by atoms with Crippen LogP contribution in [0.5, 0.6) is 0 Å². The first-order chi connectivity index (χ1) is 31.2. The summed E-state index contributed by atoms with van der Waals surface area (Å²) in [7, 11) is 0. The van der Waals surface area contributed by atoms with Crippen molar-refractivity contribution in [1.29, 1.82) is 0 Å². The summed E-state index contributed by atoms with van der Waals surface area (Å²) >= 11 is 0. The molecule has 0 fully saturated rings. The summed E-state index contributed by atoms with van der Waals surface area (Å²) < 4.78 is 15.6. The molecule has 10 aromatic carbocycles. The molecule has 0 bridgehead atoms. The molecule has 0 atom stereocenters. The molecule has 63 heavy (non-hydrogen) atoms. The number of rotatable bonds is 4. The Bertz CT molecular complexity index is 4220. The molecular formula is C57H32N4O2. The molecule has 0 aliphatic rings. The maximum Gasteiger partial charge on any atom is 0.167 e. The Labute approximate surface area is 358 Å². The lowest BCUT2D eigenvalue weighted by Gasteiger charge is -2.12. The quantitative estimate of drug-likeness (QED) is 0.177. The molecule has 4 aromatic heterocycles. The van der Waals surface area contributed by atoms with Crippen LogP contribution >= 0.6 is 0 Å². The summed E-state index contributed by atoms with van der Waals surface area (Å²) in [6, 6.07) is 68.2. The molecule has 6 nitrogen and oxygen atoms in total. The minimum atomic E-state index is 0.530. The third-order valence-corrected chi connectivity index (χ3v) is 12.8. The lowest BCUT2D eigenvalue weighted by atomic mass is 10.0. The van der Waals surface area contributed by atoms with Gasteiger partial charge in [-0.3, -0.25) is 0 Å². The van der Waals surface area contributed by atoms with Gasteiger partial charge < -0.3 is 13.4 Å². The molecule has 0 unspecified atom stereocenters. The Morgan fingerprint density at radius 2 is 1.02 bits per heavy atom. The van der Waals surface area contributed by atoms with E-state index >= 15 is 0 Å². The third-order valence-electron chi connectivity index (χ3n) is 12.8. The van der Waals surface area contributed by atoms with Crippen LogP contribution in [-0.2, 0) is 0 Å². The topological polar surface area (TPSA) is 69.9 Å². The van der Waals surface area contributed by atoms with Crippen LogP contribution in [0.3, 0.4) is 0 Å². The maximum atomic E-state index is 6.88. The summed E-state index contributed by atoms with van der Waals surface area (Å²) in [5.74, 6) is 1.66. The minimum Gasteiger partial charge on any atom is -0.456 e. The normalized spacial score (nSPS) is 12.1. The highest BCUT2D eigenvalue weighted by Gasteiger charge is 2.21. The SMILES string of the molecule is c1ccc(-c2nc(-c3ccc4c(c3)oc3ccccc34)nc(-c3cccc4c3oc3ccc5ccc(-n6c7cc8ccccc8cc7c7ccc8ccccc8c76)cc5c34)n2)cc1. The smallest absolute Gasteiger partial charge is 0.167 e. The highest BCUT2D eigenvalue weighted by atomic mass is 16.3. The Balaban J connectivity index is 0.994. The van der Waals surface area contributed by atoms with E-state index in [-0.39, 0.29) is 0 Å². The van der Waals surface area contributed by atoms with Crippen molar-refractivity contribution in [3.8, 4) is 39.9 Å². The number of para-hydroxylation sites is 2. The van der Waals surface area contributed by atoms with Gasteiger partial charge in [0.25, 0.3) is 0 Å². The molecule has 0 saturated carbocycles. The molecule has 0 radical (unpaired) electrons. The highest BCUT2D eigenvalue weighted by molar-refractivity contribution is 6.23. The summed E-state index contributed by atoms with van der Waals surface area (Å²) in [5.41, 5.74) is 9.13. The number of aromatic nitrogens is 4. The average molecular weight is 805 g/mol. The van der Waals surface area contributed by atoms with Gasteiger partial charge in [0.05, 0.1) is 16.6 Å². The van der Waals surface area contributed by atoms with E-state index in [2.05, 4.69) is 138 Å². The molecule has 0 saturated heterocycles. The van der Waals surface area contributed by atoms with Gasteiger partial charge in [-0.25, -0.2) is 15.0 Å². The number of hydrogen-bond donors (Lipinski definition) is 0. The summed E-state index contributed by atoms with van der Waals surface area (Å²) in [4.78, 5) is 15.3. The Morgan fingerprint density at radius 1 is 0.349 bits per heavy atom. The predicted octanol–water partition coefficient (Wildman–Crippen LogP) is 15.2. The average Bonchev–Trinajstić information content (AvgIpc) is 4.02. The molecule has 14 aromatic rings. The summed E-state index contributed by atoms with van der Waals surface area (Å²) in [5, 5.41) is 13.7. The van der Waals surface area contributed by atoms with Crippen LogP contribution in [0.25, 0.3) is 138 Å². The standard InChI is InChI=1S/C57H32N4O2/c1-2-12-35(13-3-1)55-58-56(38-23-26-42-41-17-8-9-20-49(41)62-51(42)31-38)60-57(59-55)45-19-10-18-44-52-46-32-39(25-21-34(46)24-28-50(52)63-54(44)45)61-48-30-37-15-5-4-14-36(37)29-47(48)43-27-22-33-11-6-7-16-40(33)53(43)61/h1-32H. The zero-order valence-electron chi connectivity index (χ0n) is 33.6. The second-order valence-electron chi connectivity index (χ2n) is 16.3. The van der Waals surface area contributed by atoms with E-state index in [9.17, 15) is 0 Å². The number of nitrogens with zero attached hydrogens (tertiary/aromatic N) is 4. The largest absolute Gasteiger partial charge is 0.456 e. The van der Waals surface area contributed by atoms with E-state index in [0.29, 0.717) is 17.5 Å². The first kappa shape index (κ1) is 34.1. The summed E-state index contributed by atoms with van der Waals surface area (Å²) in [6.45, 7) is 0. The number of furan rings is 2. The zero-order valence-corrected chi connectivity index (χ0v) is 33.6. The van der Waals surface area contributed by atoms with Crippen molar-refractivity contribution in [2.45, 2.75) is 0 Å². The number of fused-ring (bicyclic) bond motifs is 14. The molecule has 292 valence electrons. The number of hydrogen-bond acceptors (Lipinski definition) is 5. The first-order valence-corrected chi connectivity index (χ1v) is 21.2. The van der Waals surface area contributed by atoms with E-state index in [0.717, 1.165) is 77.0 Å². The molecular weight excluding hydrogens is 773 g/mol. The van der Waals surface area contributed by atoms with E-state index in [1.54, 1.807) is 0 Å². The van der Waals surface area contributed by atoms with Crippen molar-refractivity contribution >= 4 is 98.0 Å². The Hall–Kier alpha value is -8.61. The Kier molecular flexibility index (Phi) is 7.02. The van der Waals surface area contributed by atoms with Crippen LogP contribution in [0.2, 0.25) is 0 Å². The van der Waals surface area contributed by atoms with Gasteiger partial charge in [-0.15, -0.1) is 0 Å². The molecule has 0 aliphatic heterocycles. The van der Waals surface area contributed by atoms with Crippen molar-refractivity contribution in [3.63, 3.8) is 0 Å². The van der Waals surface area contributed by atoms with Crippen molar-refractivity contribution in [3.05, 3.63) is 194 Å². The van der Waals surface area contributed by atoms with Crippen molar-refractivity contribution in [2.75, 3.05) is 0 Å². The molecule has 0 amide bonds. The van der Waals surface area contributed by atoms with E-state index in [4.69, 9.17) is 23.8 Å². The molecule has 0 spiro atoms. The van der Waals surface area contributed by atoms with Crippen LogP contribution in [0.4, 0.5) is 0 Å². The molecule has 0 aliphatic carbocycles. The van der Waals surface area contributed by atoms with Crippen LogP contribution in [-0.4, -0.2) is 19.5 Å². The summed E-state index contributed by atoms with van der Waals surface area (Å²) in [6.07, 6.45) is 0. The first-order valence-electron chi connectivity index (χ1n) is 21.2. The Morgan fingerprint density at radius 3 is 1.90 bits per heavy atom. The van der Waals surface area contributed by atoms with Gasteiger partial charge >= 0.3 is 0 Å². The molecule has 0 N–H and O–H groups in total. The predicted molar refractivity (Wildman–Crippen MR) is 258 cm³/mol. The van der Waals surface area contributed by atoms with Crippen LogP contribution in [0, 0.1) is 0 Å². The van der Waals surface area contributed by atoms with Gasteiger partial charge in [-0.2, -0.15) is 0 Å². The fourth-order valence-corrected chi connectivity index (χ4v) is 9.86. The highest BCUT2D eigenvalue weighted by Crippen LogP contribution is 2.43. The molecule has 6 heteroatoms. The van der Waals surface area contributed by atoms with Gasteiger partial charge in [-0.05, 0) is 81.5 Å². The van der Waals surface area contributed by atoms with Gasteiger partial charge in [0.1, 0.15) is 22.3 Å². The van der Waals surface area contributed by atoms with Crippen LogP contribution < -0.4 is 0 Å². The number of benzene rings is 10. The van der Waals surface area contributed by atoms with Crippen molar-refractivity contribution < 1.29 is 8.83 Å². The third kappa shape index (κ3) is 5.09. The van der Waals surface area contributed by atoms with Gasteiger partial charge in [0, 0.05) is 54.5 Å². The zero-order chi connectivity index (χ0) is 41.2. The molecule has 14 rings (SSSR count). The molecule has 4 heterocycles. The van der Waals surface area contributed by atoms with E-state index in [1.165, 1.54) is 43.4 Å². The van der Waals surface area contributed by atoms with Gasteiger partial charge in [-0.1, -0.05) is 140 Å². The fourth-order valence-electron chi connectivity index (χ4n) is 9.86. The maximum absolute atomic E-state index is 6.88. The fraction of sp³-hybridized carbons (Fsp3) is 0. The van der Waals surface area contributed by atoms with Crippen molar-refractivity contribution in [1.82, 2.24) is 19.5 Å². The van der Waals surface area contributed by atoms with Crippen LogP contribution in [0.1, 0.15) is 0 Å². The van der Waals surface area contributed by atoms with Crippen molar-refractivity contribution in [2.24, 2.45) is 0 Å². The lowest BCUT2D eigenvalue weighted by Crippen LogP contribution is -2.00. The van der Waals surface area contributed by atoms with Crippen LogP contribution in [0.15, 0.2) is 203 Å². The lowest BCUT2D eigenvalue weighted by molar-refractivity contribution is 0.668.